The second-order valence-corrected chi connectivity index (χ2v) is 6.72. The molecule has 0 radical (unpaired) electrons. The first kappa shape index (κ1) is 14.5. The average Bonchev–Trinajstić information content (AvgIpc) is 2.93. The van der Waals surface area contributed by atoms with Gasteiger partial charge >= 0.3 is 0 Å². The van der Waals surface area contributed by atoms with Crippen LogP contribution < -0.4 is 0 Å². The van der Waals surface area contributed by atoms with E-state index in [0.29, 0.717) is 11.6 Å². The largest absolute Gasteiger partial charge is 0.380 e. The first-order valence-corrected chi connectivity index (χ1v) is 7.45. The van der Waals surface area contributed by atoms with Gasteiger partial charge in [-0.15, -0.1) is 0 Å². The van der Waals surface area contributed by atoms with Crippen LogP contribution in [-0.4, -0.2) is 67.6 Å². The predicted molar refractivity (Wildman–Crippen MR) is 80.2 cm³/mol. The van der Waals surface area contributed by atoms with Crippen molar-refractivity contribution in [3.8, 4) is 0 Å². The van der Waals surface area contributed by atoms with E-state index in [4.69, 9.17) is 4.74 Å². The SMILES string of the molecule is Cc1ccnc(C(=O)N2C[C@@H]3COC[C@]3(CN(C)C)C2)c1. The van der Waals surface area contributed by atoms with Crippen molar-refractivity contribution in [3.05, 3.63) is 29.6 Å². The van der Waals surface area contributed by atoms with Gasteiger partial charge in [0.2, 0.25) is 0 Å². The third-order valence-electron chi connectivity index (χ3n) is 4.57. The number of hydrogen-bond donors (Lipinski definition) is 0. The Balaban J connectivity index is 1.78. The summed E-state index contributed by atoms with van der Waals surface area (Å²) in [6.07, 6.45) is 1.71. The summed E-state index contributed by atoms with van der Waals surface area (Å²) in [5, 5.41) is 0. The molecule has 3 heterocycles. The van der Waals surface area contributed by atoms with E-state index in [2.05, 4.69) is 24.0 Å². The first-order chi connectivity index (χ1) is 10.00. The number of carbonyl (C=O) groups is 1. The summed E-state index contributed by atoms with van der Waals surface area (Å²) in [5.41, 5.74) is 1.71. The van der Waals surface area contributed by atoms with Crippen molar-refractivity contribution in [2.24, 2.45) is 11.3 Å². The minimum atomic E-state index is 0.0474. The molecular formula is C16H23N3O2. The number of fused-ring (bicyclic) bond motifs is 1. The molecule has 1 aromatic heterocycles. The number of carbonyl (C=O) groups excluding carboxylic acids is 1. The maximum absolute atomic E-state index is 12.7. The summed E-state index contributed by atoms with van der Waals surface area (Å²) in [6.45, 7) is 6.01. The van der Waals surface area contributed by atoms with Gasteiger partial charge in [-0.1, -0.05) is 0 Å². The van der Waals surface area contributed by atoms with E-state index >= 15 is 0 Å². The quantitative estimate of drug-likeness (QED) is 0.834. The van der Waals surface area contributed by atoms with Crippen molar-refractivity contribution in [3.63, 3.8) is 0 Å². The van der Waals surface area contributed by atoms with Gasteiger partial charge in [-0.05, 0) is 38.7 Å². The van der Waals surface area contributed by atoms with E-state index in [0.717, 1.165) is 38.4 Å². The Bertz CT molecular complexity index is 546. The number of amides is 1. The number of pyridine rings is 1. The lowest BCUT2D eigenvalue weighted by Gasteiger charge is -2.30. The van der Waals surface area contributed by atoms with E-state index in [1.165, 1.54) is 0 Å². The Morgan fingerprint density at radius 3 is 3.10 bits per heavy atom. The number of hydrogen-bond acceptors (Lipinski definition) is 4. The van der Waals surface area contributed by atoms with E-state index in [-0.39, 0.29) is 11.3 Å². The number of aromatic nitrogens is 1. The molecule has 0 N–H and O–H groups in total. The Hall–Kier alpha value is -1.46. The molecule has 0 spiro atoms. The number of likely N-dealkylation sites (tertiary alicyclic amines) is 1. The highest BCUT2D eigenvalue weighted by Crippen LogP contribution is 2.42. The van der Waals surface area contributed by atoms with Gasteiger partial charge in [0.05, 0.1) is 13.2 Å². The lowest BCUT2D eigenvalue weighted by molar-refractivity contribution is 0.0691. The topological polar surface area (TPSA) is 45.7 Å². The summed E-state index contributed by atoms with van der Waals surface area (Å²) in [7, 11) is 4.16. The number of nitrogens with zero attached hydrogens (tertiary/aromatic N) is 3. The Labute approximate surface area is 125 Å². The smallest absolute Gasteiger partial charge is 0.272 e. The van der Waals surface area contributed by atoms with E-state index in [1.54, 1.807) is 6.20 Å². The second-order valence-electron chi connectivity index (χ2n) is 6.72. The van der Waals surface area contributed by atoms with Crippen LogP contribution in [0.3, 0.4) is 0 Å². The third kappa shape index (κ3) is 2.68. The van der Waals surface area contributed by atoms with Gasteiger partial charge in [-0.2, -0.15) is 0 Å². The second kappa shape index (κ2) is 5.39. The maximum Gasteiger partial charge on any atom is 0.272 e. The molecule has 5 heteroatoms. The molecule has 114 valence electrons. The molecule has 0 bridgehead atoms. The molecule has 0 aliphatic carbocycles. The number of aryl methyl sites for hydroxylation is 1. The van der Waals surface area contributed by atoms with E-state index in [9.17, 15) is 4.79 Å². The van der Waals surface area contributed by atoms with Crippen LogP contribution in [0.15, 0.2) is 18.3 Å². The van der Waals surface area contributed by atoms with Gasteiger partial charge in [0.15, 0.2) is 0 Å². The summed E-state index contributed by atoms with van der Waals surface area (Å²) in [6, 6.07) is 3.78. The molecule has 3 rings (SSSR count). The van der Waals surface area contributed by atoms with Gasteiger partial charge in [0, 0.05) is 37.2 Å². The highest BCUT2D eigenvalue weighted by Gasteiger charge is 2.52. The molecule has 2 aliphatic rings. The Morgan fingerprint density at radius 1 is 1.57 bits per heavy atom. The van der Waals surface area contributed by atoms with Crippen LogP contribution in [0.5, 0.6) is 0 Å². The van der Waals surface area contributed by atoms with Gasteiger partial charge in [0.1, 0.15) is 5.69 Å². The first-order valence-electron chi connectivity index (χ1n) is 7.45. The van der Waals surface area contributed by atoms with Crippen molar-refractivity contribution in [1.29, 1.82) is 0 Å². The standard InChI is InChI=1S/C16H23N3O2/c1-12-4-5-17-14(6-12)15(20)19-7-13-8-21-11-16(13,10-19)9-18(2)3/h4-6,13H,7-11H2,1-3H3/t13-,16+/m1/s1. The minimum Gasteiger partial charge on any atom is -0.380 e. The summed E-state index contributed by atoms with van der Waals surface area (Å²) in [5.74, 6) is 0.486. The molecule has 1 amide bonds. The molecule has 21 heavy (non-hydrogen) atoms. The van der Waals surface area contributed by atoms with Crippen molar-refractivity contribution in [1.82, 2.24) is 14.8 Å². The predicted octanol–water partition coefficient (Wildman–Crippen LogP) is 1.04. The molecule has 0 saturated carbocycles. The molecule has 5 nitrogen and oxygen atoms in total. The summed E-state index contributed by atoms with van der Waals surface area (Å²) in [4.78, 5) is 21.0. The van der Waals surface area contributed by atoms with E-state index < -0.39 is 0 Å². The molecular weight excluding hydrogens is 266 g/mol. The van der Waals surface area contributed by atoms with E-state index in [1.807, 2.05) is 24.0 Å². The molecule has 2 atom stereocenters. The monoisotopic (exact) mass is 289 g/mol. The van der Waals surface area contributed by atoms with Crippen LogP contribution in [-0.2, 0) is 4.74 Å². The molecule has 0 unspecified atom stereocenters. The van der Waals surface area contributed by atoms with Gasteiger partial charge < -0.3 is 14.5 Å². The zero-order chi connectivity index (χ0) is 15.0. The zero-order valence-corrected chi connectivity index (χ0v) is 13.0. The third-order valence-corrected chi connectivity index (χ3v) is 4.57. The normalized spacial score (nSPS) is 28.2. The Kier molecular flexibility index (Phi) is 3.71. The van der Waals surface area contributed by atoms with Crippen molar-refractivity contribution in [2.45, 2.75) is 6.92 Å². The van der Waals surface area contributed by atoms with Gasteiger partial charge in [0.25, 0.3) is 5.91 Å². The average molecular weight is 289 g/mol. The van der Waals surface area contributed by atoms with Gasteiger partial charge in [-0.25, -0.2) is 0 Å². The van der Waals surface area contributed by atoms with Crippen LogP contribution >= 0.6 is 0 Å². The fourth-order valence-corrected chi connectivity index (χ4v) is 3.66. The molecule has 1 aromatic rings. The van der Waals surface area contributed by atoms with Crippen molar-refractivity contribution >= 4 is 5.91 Å². The van der Waals surface area contributed by atoms with Crippen LogP contribution in [0.1, 0.15) is 16.1 Å². The van der Waals surface area contributed by atoms with Crippen molar-refractivity contribution in [2.75, 3.05) is 46.9 Å². The number of rotatable bonds is 3. The molecule has 2 saturated heterocycles. The fourth-order valence-electron chi connectivity index (χ4n) is 3.66. The van der Waals surface area contributed by atoms with Crippen molar-refractivity contribution < 1.29 is 9.53 Å². The maximum atomic E-state index is 12.7. The molecule has 2 fully saturated rings. The summed E-state index contributed by atoms with van der Waals surface area (Å²) >= 11 is 0. The minimum absolute atomic E-state index is 0.0474. The number of ether oxygens (including phenoxy) is 1. The van der Waals surface area contributed by atoms with Crippen LogP contribution in [0, 0.1) is 18.3 Å². The van der Waals surface area contributed by atoms with Crippen LogP contribution in [0.2, 0.25) is 0 Å². The highest BCUT2D eigenvalue weighted by atomic mass is 16.5. The fraction of sp³-hybridized carbons (Fsp3) is 0.625. The molecule has 2 aliphatic heterocycles. The van der Waals surface area contributed by atoms with Crippen LogP contribution in [0.25, 0.3) is 0 Å². The lowest BCUT2D eigenvalue weighted by atomic mass is 9.81. The van der Waals surface area contributed by atoms with Gasteiger partial charge in [-0.3, -0.25) is 9.78 Å². The lowest BCUT2D eigenvalue weighted by Crippen LogP contribution is -2.41. The summed E-state index contributed by atoms with van der Waals surface area (Å²) < 4.78 is 5.69. The zero-order valence-electron chi connectivity index (χ0n) is 13.0. The highest BCUT2D eigenvalue weighted by molar-refractivity contribution is 5.92. The molecule has 0 aromatic carbocycles. The Morgan fingerprint density at radius 2 is 2.38 bits per heavy atom. The van der Waals surface area contributed by atoms with Crippen LogP contribution in [0.4, 0.5) is 0 Å².